The smallest absolute Gasteiger partial charge is 0.338 e. The second-order valence-corrected chi connectivity index (χ2v) is 4.89. The van der Waals surface area contributed by atoms with E-state index < -0.39 is 0 Å². The van der Waals surface area contributed by atoms with Crippen LogP contribution in [-0.4, -0.2) is 23.7 Å². The van der Waals surface area contributed by atoms with Crippen LogP contribution < -0.4 is 0 Å². The predicted octanol–water partition coefficient (Wildman–Crippen LogP) is 3.13. The highest BCUT2D eigenvalue weighted by atomic mass is 79.9. The maximum Gasteiger partial charge on any atom is 0.338 e. The van der Waals surface area contributed by atoms with Gasteiger partial charge in [0.05, 0.1) is 17.5 Å². The Morgan fingerprint density at radius 1 is 1.29 bits per heavy atom. The molecular formula is C12H12Br2O3. The maximum atomic E-state index is 11.6. The minimum absolute atomic E-state index is 0.0675. The molecule has 3 nitrogen and oxygen atoms in total. The van der Waals surface area contributed by atoms with E-state index in [1.165, 1.54) is 0 Å². The van der Waals surface area contributed by atoms with Crippen LogP contribution in [0.5, 0.6) is 0 Å². The lowest BCUT2D eigenvalue weighted by molar-refractivity contribution is -0.115. The average molecular weight is 364 g/mol. The molecule has 0 amide bonds. The van der Waals surface area contributed by atoms with E-state index in [0.29, 0.717) is 23.9 Å². The van der Waals surface area contributed by atoms with Gasteiger partial charge in [-0.15, -0.1) is 0 Å². The highest BCUT2D eigenvalue weighted by Crippen LogP contribution is 2.17. The van der Waals surface area contributed by atoms with Gasteiger partial charge in [-0.2, -0.15) is 0 Å². The van der Waals surface area contributed by atoms with Gasteiger partial charge in [0.25, 0.3) is 0 Å². The van der Waals surface area contributed by atoms with Crippen LogP contribution in [0.3, 0.4) is 0 Å². The van der Waals surface area contributed by atoms with Crippen LogP contribution in [-0.2, 0) is 16.0 Å². The Labute approximate surface area is 117 Å². The van der Waals surface area contributed by atoms with Gasteiger partial charge < -0.3 is 4.74 Å². The summed E-state index contributed by atoms with van der Waals surface area (Å²) in [5.74, 6) is -0.306. The molecule has 0 atom stereocenters. The molecule has 0 fully saturated rings. The Kier molecular flexibility index (Phi) is 5.85. The number of halogens is 2. The third-order valence-electron chi connectivity index (χ3n) is 2.02. The number of ketones is 1. The number of esters is 1. The summed E-state index contributed by atoms with van der Waals surface area (Å²) >= 11 is 6.42. The molecule has 0 aliphatic carbocycles. The van der Waals surface area contributed by atoms with E-state index in [-0.39, 0.29) is 11.8 Å². The van der Waals surface area contributed by atoms with Gasteiger partial charge in [0, 0.05) is 10.9 Å². The van der Waals surface area contributed by atoms with Crippen LogP contribution in [0.2, 0.25) is 0 Å². The van der Waals surface area contributed by atoms with E-state index in [4.69, 9.17) is 4.74 Å². The zero-order valence-electron chi connectivity index (χ0n) is 9.33. The molecule has 0 bridgehead atoms. The summed E-state index contributed by atoms with van der Waals surface area (Å²) < 4.78 is 5.68. The Balaban J connectivity index is 2.93. The molecule has 17 heavy (non-hydrogen) atoms. The van der Waals surface area contributed by atoms with Gasteiger partial charge in [-0.3, -0.25) is 4.79 Å². The Morgan fingerprint density at radius 2 is 2.00 bits per heavy atom. The van der Waals surface area contributed by atoms with Crippen molar-refractivity contribution in [3.63, 3.8) is 0 Å². The Morgan fingerprint density at radius 3 is 2.59 bits per heavy atom. The summed E-state index contributed by atoms with van der Waals surface area (Å²) in [4.78, 5) is 22.9. The molecule has 0 saturated carbocycles. The number of ether oxygens (including phenoxy) is 1. The first kappa shape index (κ1) is 14.4. The number of hydrogen-bond acceptors (Lipinski definition) is 3. The van der Waals surface area contributed by atoms with E-state index in [9.17, 15) is 9.59 Å². The number of hydrogen-bond donors (Lipinski definition) is 0. The van der Waals surface area contributed by atoms with Crippen LogP contribution >= 0.6 is 31.9 Å². The topological polar surface area (TPSA) is 43.4 Å². The maximum absolute atomic E-state index is 11.6. The summed E-state index contributed by atoms with van der Waals surface area (Å²) in [6.07, 6.45) is 0.303. The van der Waals surface area contributed by atoms with Gasteiger partial charge in [0.15, 0.2) is 0 Å². The van der Waals surface area contributed by atoms with Crippen molar-refractivity contribution in [2.45, 2.75) is 13.3 Å². The lowest BCUT2D eigenvalue weighted by Crippen LogP contribution is -2.08. The Hall–Kier alpha value is -0.680. The monoisotopic (exact) mass is 362 g/mol. The number of rotatable bonds is 5. The number of Topliss-reactive ketones (excluding diaryl/α,β-unsaturated/α-hetero) is 1. The minimum Gasteiger partial charge on any atom is -0.462 e. The SMILES string of the molecule is CCOC(=O)c1cc(Br)cc(CC(=O)CBr)c1. The average Bonchev–Trinajstić information content (AvgIpc) is 2.28. The van der Waals surface area contributed by atoms with E-state index in [1.54, 1.807) is 19.1 Å². The molecule has 5 heteroatoms. The Bertz CT molecular complexity index is 430. The third kappa shape index (κ3) is 4.60. The van der Waals surface area contributed by atoms with Gasteiger partial charge in [-0.05, 0) is 30.7 Å². The summed E-state index contributed by atoms with van der Waals surface area (Å²) in [6, 6.07) is 5.19. The van der Waals surface area contributed by atoms with Crippen LogP contribution in [0.15, 0.2) is 22.7 Å². The van der Waals surface area contributed by atoms with Gasteiger partial charge in [0.2, 0.25) is 0 Å². The molecule has 0 spiro atoms. The second-order valence-electron chi connectivity index (χ2n) is 3.42. The first-order chi connectivity index (χ1) is 8.06. The van der Waals surface area contributed by atoms with E-state index in [1.807, 2.05) is 6.07 Å². The van der Waals surface area contributed by atoms with Crippen molar-refractivity contribution in [1.29, 1.82) is 0 Å². The molecule has 0 aliphatic rings. The molecule has 1 aromatic carbocycles. The third-order valence-corrected chi connectivity index (χ3v) is 3.10. The number of carbonyl (C=O) groups excluding carboxylic acids is 2. The summed E-state index contributed by atoms with van der Waals surface area (Å²) in [6.45, 7) is 2.09. The standard InChI is InChI=1S/C12H12Br2O3/c1-2-17-12(16)9-3-8(4-10(14)6-9)5-11(15)7-13/h3-4,6H,2,5,7H2,1H3. The second kappa shape index (κ2) is 6.91. The van der Waals surface area contributed by atoms with Crippen molar-refractivity contribution in [3.8, 4) is 0 Å². The summed E-state index contributed by atoms with van der Waals surface area (Å²) in [7, 11) is 0. The van der Waals surface area contributed by atoms with Gasteiger partial charge in [-0.25, -0.2) is 4.79 Å². The van der Waals surface area contributed by atoms with E-state index >= 15 is 0 Å². The van der Waals surface area contributed by atoms with Gasteiger partial charge >= 0.3 is 5.97 Å². The summed E-state index contributed by atoms with van der Waals surface area (Å²) in [5, 5.41) is 0.314. The lowest BCUT2D eigenvalue weighted by Gasteiger charge is -2.05. The van der Waals surface area contributed by atoms with Gasteiger partial charge in [0.1, 0.15) is 5.78 Å². The van der Waals surface area contributed by atoms with Crippen molar-refractivity contribution < 1.29 is 14.3 Å². The van der Waals surface area contributed by atoms with Crippen LogP contribution in [0.4, 0.5) is 0 Å². The molecule has 0 unspecified atom stereocenters. The lowest BCUT2D eigenvalue weighted by atomic mass is 10.1. The molecular weight excluding hydrogens is 352 g/mol. The van der Waals surface area contributed by atoms with Crippen molar-refractivity contribution in [1.82, 2.24) is 0 Å². The molecule has 0 saturated heterocycles. The number of alkyl halides is 1. The van der Waals surface area contributed by atoms with E-state index in [0.717, 1.165) is 10.0 Å². The normalized spacial score (nSPS) is 10.1. The number of carbonyl (C=O) groups is 2. The quantitative estimate of drug-likeness (QED) is 0.596. The molecule has 0 aliphatic heterocycles. The fraction of sp³-hybridized carbons (Fsp3) is 0.333. The van der Waals surface area contributed by atoms with E-state index in [2.05, 4.69) is 31.9 Å². The van der Waals surface area contributed by atoms with Crippen molar-refractivity contribution in [2.75, 3.05) is 11.9 Å². The molecule has 0 aromatic heterocycles. The van der Waals surface area contributed by atoms with Crippen LogP contribution in [0, 0.1) is 0 Å². The highest BCUT2D eigenvalue weighted by Gasteiger charge is 2.10. The fourth-order valence-electron chi connectivity index (χ4n) is 1.36. The van der Waals surface area contributed by atoms with Crippen molar-refractivity contribution in [2.24, 2.45) is 0 Å². The van der Waals surface area contributed by atoms with Crippen molar-refractivity contribution >= 4 is 43.6 Å². The molecule has 0 N–H and O–H groups in total. The minimum atomic E-state index is -0.374. The molecule has 1 aromatic rings. The number of benzene rings is 1. The zero-order chi connectivity index (χ0) is 12.8. The molecule has 1 rings (SSSR count). The largest absolute Gasteiger partial charge is 0.462 e. The highest BCUT2D eigenvalue weighted by molar-refractivity contribution is 9.10. The van der Waals surface area contributed by atoms with Crippen LogP contribution in [0.25, 0.3) is 0 Å². The van der Waals surface area contributed by atoms with Gasteiger partial charge in [-0.1, -0.05) is 31.9 Å². The molecule has 92 valence electrons. The van der Waals surface area contributed by atoms with Crippen molar-refractivity contribution in [3.05, 3.63) is 33.8 Å². The zero-order valence-corrected chi connectivity index (χ0v) is 12.5. The first-order valence-corrected chi connectivity index (χ1v) is 7.02. The predicted molar refractivity (Wildman–Crippen MR) is 72.6 cm³/mol. The molecule has 0 heterocycles. The summed E-state index contributed by atoms with van der Waals surface area (Å²) in [5.41, 5.74) is 1.26. The van der Waals surface area contributed by atoms with Crippen LogP contribution in [0.1, 0.15) is 22.8 Å². The molecule has 0 radical (unpaired) electrons. The fourth-order valence-corrected chi connectivity index (χ4v) is 2.10. The first-order valence-electron chi connectivity index (χ1n) is 5.11.